The Kier molecular flexibility index (Phi) is 3.78. The summed E-state index contributed by atoms with van der Waals surface area (Å²) in [6, 6.07) is 12.5. The van der Waals surface area contributed by atoms with Crippen molar-refractivity contribution >= 4 is 0 Å². The van der Waals surface area contributed by atoms with Crippen LogP contribution >= 0.6 is 0 Å². The van der Waals surface area contributed by atoms with Gasteiger partial charge in [-0.15, -0.1) is 0 Å². The summed E-state index contributed by atoms with van der Waals surface area (Å²) in [5, 5.41) is 3.40. The fourth-order valence-electron chi connectivity index (χ4n) is 1.61. The number of hydrogen-bond donors (Lipinski definition) is 1. The van der Waals surface area contributed by atoms with E-state index in [-0.39, 0.29) is 0 Å². The van der Waals surface area contributed by atoms with Crippen LogP contribution in [0.3, 0.4) is 0 Å². The van der Waals surface area contributed by atoms with Crippen LogP contribution in [0.15, 0.2) is 47.1 Å². The number of aryl methyl sites for hydroxylation is 1. The molecule has 0 aliphatic heterocycles. The molecule has 0 saturated heterocycles. The maximum atomic E-state index is 5.26. The van der Waals surface area contributed by atoms with Crippen molar-refractivity contribution in [2.75, 3.05) is 6.54 Å². The van der Waals surface area contributed by atoms with E-state index in [0.717, 1.165) is 25.3 Å². The first kappa shape index (κ1) is 11.0. The van der Waals surface area contributed by atoms with Crippen LogP contribution < -0.4 is 5.32 Å². The summed E-state index contributed by atoms with van der Waals surface area (Å²) in [4.78, 5) is 0. The summed E-state index contributed by atoms with van der Waals surface area (Å²) < 4.78 is 5.26. The Hall–Kier alpha value is -1.54. The molecule has 0 amide bonds. The van der Waals surface area contributed by atoms with Crippen molar-refractivity contribution in [1.29, 1.82) is 0 Å². The van der Waals surface area contributed by atoms with E-state index >= 15 is 0 Å². The topological polar surface area (TPSA) is 25.2 Å². The van der Waals surface area contributed by atoms with Crippen LogP contribution in [0.1, 0.15) is 16.9 Å². The molecule has 84 valence electrons. The van der Waals surface area contributed by atoms with Gasteiger partial charge in [0.05, 0.1) is 6.26 Å². The van der Waals surface area contributed by atoms with E-state index in [4.69, 9.17) is 4.42 Å². The van der Waals surface area contributed by atoms with Gasteiger partial charge in [0.1, 0.15) is 5.76 Å². The molecule has 0 saturated carbocycles. The van der Waals surface area contributed by atoms with Gasteiger partial charge in [0.15, 0.2) is 0 Å². The largest absolute Gasteiger partial charge is 0.469 e. The number of rotatable bonds is 5. The van der Waals surface area contributed by atoms with Crippen molar-refractivity contribution in [1.82, 2.24) is 5.32 Å². The zero-order chi connectivity index (χ0) is 11.2. The summed E-state index contributed by atoms with van der Waals surface area (Å²) >= 11 is 0. The lowest BCUT2D eigenvalue weighted by Crippen LogP contribution is -2.16. The van der Waals surface area contributed by atoms with E-state index < -0.39 is 0 Å². The monoisotopic (exact) mass is 215 g/mol. The third-order valence-electron chi connectivity index (χ3n) is 2.58. The minimum Gasteiger partial charge on any atom is -0.469 e. The van der Waals surface area contributed by atoms with Crippen LogP contribution in [-0.2, 0) is 13.0 Å². The van der Waals surface area contributed by atoms with Gasteiger partial charge in [0.25, 0.3) is 0 Å². The van der Waals surface area contributed by atoms with E-state index in [9.17, 15) is 0 Å². The Bertz CT molecular complexity index is 403. The summed E-state index contributed by atoms with van der Waals surface area (Å²) in [5.74, 6) is 1.04. The van der Waals surface area contributed by atoms with Crippen molar-refractivity contribution in [3.63, 3.8) is 0 Å². The molecule has 2 rings (SSSR count). The molecule has 1 heterocycles. The molecule has 0 spiro atoms. The van der Waals surface area contributed by atoms with Crippen molar-refractivity contribution in [2.24, 2.45) is 0 Å². The van der Waals surface area contributed by atoms with Crippen molar-refractivity contribution in [3.05, 3.63) is 59.5 Å². The number of nitrogens with one attached hydrogen (secondary N) is 1. The lowest BCUT2D eigenvalue weighted by Gasteiger charge is -2.04. The molecular weight excluding hydrogens is 198 g/mol. The van der Waals surface area contributed by atoms with Crippen LogP contribution in [0.4, 0.5) is 0 Å². The third-order valence-corrected chi connectivity index (χ3v) is 2.58. The second-order valence-electron chi connectivity index (χ2n) is 3.99. The molecule has 0 atom stereocenters. The van der Waals surface area contributed by atoms with E-state index in [1.807, 2.05) is 12.1 Å². The maximum absolute atomic E-state index is 5.26. The first-order chi connectivity index (χ1) is 7.84. The molecule has 2 heteroatoms. The molecule has 1 aromatic heterocycles. The lowest BCUT2D eigenvalue weighted by molar-refractivity contribution is 0.499. The minimum absolute atomic E-state index is 0.918. The van der Waals surface area contributed by atoms with Gasteiger partial charge in [-0.25, -0.2) is 0 Å². The zero-order valence-electron chi connectivity index (χ0n) is 9.57. The Labute approximate surface area is 96.3 Å². The van der Waals surface area contributed by atoms with Crippen molar-refractivity contribution < 1.29 is 4.42 Å². The summed E-state index contributed by atoms with van der Waals surface area (Å²) in [5.41, 5.74) is 2.63. The maximum Gasteiger partial charge on any atom is 0.105 e. The zero-order valence-corrected chi connectivity index (χ0v) is 9.57. The van der Waals surface area contributed by atoms with E-state index in [1.54, 1.807) is 6.26 Å². The summed E-state index contributed by atoms with van der Waals surface area (Å²) in [6.07, 6.45) is 2.66. The lowest BCUT2D eigenvalue weighted by atomic mass is 10.1. The van der Waals surface area contributed by atoms with Gasteiger partial charge in [0.2, 0.25) is 0 Å². The fraction of sp³-hybridized carbons (Fsp3) is 0.286. The second-order valence-corrected chi connectivity index (χ2v) is 3.99. The van der Waals surface area contributed by atoms with Crippen molar-refractivity contribution in [2.45, 2.75) is 19.9 Å². The van der Waals surface area contributed by atoms with Gasteiger partial charge in [-0.2, -0.15) is 0 Å². The molecule has 2 nitrogen and oxygen atoms in total. The molecule has 2 aromatic rings. The molecule has 0 fully saturated rings. The highest BCUT2D eigenvalue weighted by Gasteiger charge is 1.95. The third kappa shape index (κ3) is 3.24. The average molecular weight is 215 g/mol. The van der Waals surface area contributed by atoms with Crippen LogP contribution in [0.2, 0.25) is 0 Å². The molecular formula is C14H17NO. The Morgan fingerprint density at radius 1 is 1.12 bits per heavy atom. The fourth-order valence-corrected chi connectivity index (χ4v) is 1.61. The van der Waals surface area contributed by atoms with E-state index in [2.05, 4.69) is 36.5 Å². The number of benzene rings is 1. The molecule has 1 N–H and O–H groups in total. The molecule has 16 heavy (non-hydrogen) atoms. The van der Waals surface area contributed by atoms with Crippen LogP contribution in [0.5, 0.6) is 0 Å². The quantitative estimate of drug-likeness (QED) is 0.776. The van der Waals surface area contributed by atoms with Gasteiger partial charge in [-0.05, 0) is 24.6 Å². The SMILES string of the molecule is Cc1ccc(CNCCc2ccco2)cc1. The highest BCUT2D eigenvalue weighted by molar-refractivity contribution is 5.21. The smallest absolute Gasteiger partial charge is 0.105 e. The number of furan rings is 1. The van der Waals surface area contributed by atoms with Gasteiger partial charge < -0.3 is 9.73 Å². The molecule has 0 unspecified atom stereocenters. The summed E-state index contributed by atoms with van der Waals surface area (Å²) in [6.45, 7) is 3.97. The predicted molar refractivity (Wildman–Crippen MR) is 65.3 cm³/mol. The molecule has 0 bridgehead atoms. The Balaban J connectivity index is 1.70. The minimum atomic E-state index is 0.918. The van der Waals surface area contributed by atoms with Gasteiger partial charge in [-0.3, -0.25) is 0 Å². The van der Waals surface area contributed by atoms with Crippen molar-refractivity contribution in [3.8, 4) is 0 Å². The number of hydrogen-bond acceptors (Lipinski definition) is 2. The van der Waals surface area contributed by atoms with Gasteiger partial charge >= 0.3 is 0 Å². The van der Waals surface area contributed by atoms with Gasteiger partial charge in [-0.1, -0.05) is 29.8 Å². The Morgan fingerprint density at radius 2 is 1.94 bits per heavy atom. The first-order valence-corrected chi connectivity index (χ1v) is 5.63. The van der Waals surface area contributed by atoms with Crippen LogP contribution in [-0.4, -0.2) is 6.54 Å². The van der Waals surface area contributed by atoms with E-state index in [1.165, 1.54) is 11.1 Å². The Morgan fingerprint density at radius 3 is 2.62 bits per heavy atom. The van der Waals surface area contributed by atoms with Crippen LogP contribution in [0.25, 0.3) is 0 Å². The van der Waals surface area contributed by atoms with Gasteiger partial charge in [0, 0.05) is 19.5 Å². The highest BCUT2D eigenvalue weighted by atomic mass is 16.3. The molecule has 1 aromatic carbocycles. The molecule has 0 radical (unpaired) electrons. The highest BCUT2D eigenvalue weighted by Crippen LogP contribution is 2.03. The average Bonchev–Trinajstić information content (AvgIpc) is 2.80. The van der Waals surface area contributed by atoms with E-state index in [0.29, 0.717) is 0 Å². The molecule has 0 aliphatic carbocycles. The predicted octanol–water partition coefficient (Wildman–Crippen LogP) is 2.92. The standard InChI is InChI=1S/C14H17NO/c1-12-4-6-13(7-5-12)11-15-9-8-14-3-2-10-16-14/h2-7,10,15H,8-9,11H2,1H3. The summed E-state index contributed by atoms with van der Waals surface area (Å²) in [7, 11) is 0. The normalized spacial score (nSPS) is 10.6. The first-order valence-electron chi connectivity index (χ1n) is 5.63. The van der Waals surface area contributed by atoms with Crippen LogP contribution in [0, 0.1) is 6.92 Å². The molecule has 0 aliphatic rings. The second kappa shape index (κ2) is 5.52.